The van der Waals surface area contributed by atoms with Crippen molar-refractivity contribution in [2.75, 3.05) is 6.61 Å². The van der Waals surface area contributed by atoms with Crippen molar-refractivity contribution >= 4 is 17.6 Å². The van der Waals surface area contributed by atoms with E-state index in [9.17, 15) is 9.18 Å². The van der Waals surface area contributed by atoms with Gasteiger partial charge < -0.3 is 9.30 Å². The first-order valence-corrected chi connectivity index (χ1v) is 8.30. The van der Waals surface area contributed by atoms with Gasteiger partial charge in [-0.05, 0) is 55.8 Å². The Morgan fingerprint density at radius 1 is 1.12 bits per heavy atom. The van der Waals surface area contributed by atoms with Gasteiger partial charge in [0.1, 0.15) is 5.82 Å². The highest BCUT2D eigenvalue weighted by Gasteiger charge is 2.22. The van der Waals surface area contributed by atoms with Gasteiger partial charge in [-0.15, -0.1) is 0 Å². The molecular formula is C20H17ClFNO2. The summed E-state index contributed by atoms with van der Waals surface area (Å²) in [5.41, 5.74) is 3.55. The molecule has 0 fully saturated rings. The molecule has 0 radical (unpaired) electrons. The van der Waals surface area contributed by atoms with E-state index in [0.717, 1.165) is 16.9 Å². The van der Waals surface area contributed by atoms with Gasteiger partial charge in [-0.2, -0.15) is 0 Å². The Labute approximate surface area is 150 Å². The summed E-state index contributed by atoms with van der Waals surface area (Å²) in [5, 5.41) is 0.637. The maximum Gasteiger partial charge on any atom is 0.340 e. The molecular weight excluding hydrogens is 341 g/mol. The van der Waals surface area contributed by atoms with Gasteiger partial charge in [-0.1, -0.05) is 23.7 Å². The summed E-state index contributed by atoms with van der Waals surface area (Å²) in [7, 11) is 0. The Kier molecular flexibility index (Phi) is 4.91. The lowest BCUT2D eigenvalue weighted by atomic mass is 10.0. The standard InChI is InChI=1S/C20H17ClFNO2/c1-3-25-20(24)19-13(2)23(17-10-6-15(21)7-11-17)12-18(19)14-4-8-16(22)9-5-14/h4-12H,3H2,1-2H3. The largest absolute Gasteiger partial charge is 0.462 e. The van der Waals surface area contributed by atoms with Crippen LogP contribution in [0.25, 0.3) is 16.8 Å². The van der Waals surface area contributed by atoms with E-state index in [4.69, 9.17) is 16.3 Å². The van der Waals surface area contributed by atoms with E-state index < -0.39 is 5.97 Å². The third-order valence-corrected chi connectivity index (χ3v) is 4.24. The molecule has 0 saturated heterocycles. The minimum atomic E-state index is -0.396. The normalized spacial score (nSPS) is 10.7. The predicted molar refractivity (Wildman–Crippen MR) is 96.9 cm³/mol. The van der Waals surface area contributed by atoms with Crippen molar-refractivity contribution in [3.8, 4) is 16.8 Å². The molecule has 1 aromatic heterocycles. The van der Waals surface area contributed by atoms with Crippen LogP contribution in [0, 0.1) is 12.7 Å². The third kappa shape index (κ3) is 3.44. The highest BCUT2D eigenvalue weighted by Crippen LogP contribution is 2.31. The van der Waals surface area contributed by atoms with E-state index >= 15 is 0 Å². The molecule has 3 nitrogen and oxygen atoms in total. The number of carbonyl (C=O) groups is 1. The van der Waals surface area contributed by atoms with Gasteiger partial charge in [0.15, 0.2) is 0 Å². The number of benzene rings is 2. The fraction of sp³-hybridized carbons (Fsp3) is 0.150. The summed E-state index contributed by atoms with van der Waals surface area (Å²) >= 11 is 5.96. The fourth-order valence-corrected chi connectivity index (χ4v) is 2.91. The Hall–Kier alpha value is -2.59. The van der Waals surface area contributed by atoms with Crippen molar-refractivity contribution in [1.82, 2.24) is 4.57 Å². The zero-order valence-electron chi connectivity index (χ0n) is 13.9. The number of hydrogen-bond acceptors (Lipinski definition) is 2. The van der Waals surface area contributed by atoms with E-state index in [2.05, 4.69) is 0 Å². The second-order valence-electron chi connectivity index (χ2n) is 5.58. The molecule has 0 spiro atoms. The van der Waals surface area contributed by atoms with Gasteiger partial charge in [-0.25, -0.2) is 9.18 Å². The number of halogens is 2. The summed E-state index contributed by atoms with van der Waals surface area (Å²) in [6, 6.07) is 13.4. The topological polar surface area (TPSA) is 31.2 Å². The average molecular weight is 358 g/mol. The van der Waals surface area contributed by atoms with Gasteiger partial charge >= 0.3 is 5.97 Å². The SMILES string of the molecule is CCOC(=O)c1c(-c2ccc(F)cc2)cn(-c2ccc(Cl)cc2)c1C. The summed E-state index contributed by atoms with van der Waals surface area (Å²) in [5.74, 6) is -0.720. The van der Waals surface area contributed by atoms with Crippen molar-refractivity contribution in [3.05, 3.63) is 76.8 Å². The Balaban J connectivity index is 2.18. The van der Waals surface area contributed by atoms with Gasteiger partial charge in [-0.3, -0.25) is 0 Å². The van der Waals surface area contributed by atoms with Crippen molar-refractivity contribution in [1.29, 1.82) is 0 Å². The maximum atomic E-state index is 13.3. The first kappa shape index (κ1) is 17.2. The molecule has 3 aromatic rings. The summed E-state index contributed by atoms with van der Waals surface area (Å²) in [6.45, 7) is 3.90. The molecule has 3 rings (SSSR count). The number of hydrogen-bond donors (Lipinski definition) is 0. The van der Waals surface area contributed by atoms with E-state index in [1.165, 1.54) is 12.1 Å². The van der Waals surface area contributed by atoms with Gasteiger partial charge in [0, 0.05) is 28.2 Å². The van der Waals surface area contributed by atoms with Crippen molar-refractivity contribution in [3.63, 3.8) is 0 Å². The molecule has 25 heavy (non-hydrogen) atoms. The lowest BCUT2D eigenvalue weighted by molar-refractivity contribution is 0.0526. The van der Waals surface area contributed by atoms with Crippen molar-refractivity contribution in [2.24, 2.45) is 0 Å². The van der Waals surface area contributed by atoms with Crippen LogP contribution in [-0.4, -0.2) is 17.1 Å². The quantitative estimate of drug-likeness (QED) is 0.583. The first-order chi connectivity index (χ1) is 12.0. The van der Waals surface area contributed by atoms with E-state index in [0.29, 0.717) is 16.1 Å². The van der Waals surface area contributed by atoms with Crippen LogP contribution in [0.3, 0.4) is 0 Å². The summed E-state index contributed by atoms with van der Waals surface area (Å²) in [6.07, 6.45) is 1.86. The Bertz CT molecular complexity index is 899. The average Bonchev–Trinajstić information content (AvgIpc) is 2.94. The molecule has 1 heterocycles. The molecule has 0 unspecified atom stereocenters. The molecule has 0 N–H and O–H groups in total. The second kappa shape index (κ2) is 7.11. The molecule has 0 aliphatic rings. The highest BCUT2D eigenvalue weighted by atomic mass is 35.5. The van der Waals surface area contributed by atoms with E-state index in [1.54, 1.807) is 31.2 Å². The van der Waals surface area contributed by atoms with Crippen LogP contribution < -0.4 is 0 Å². The van der Waals surface area contributed by atoms with Crippen LogP contribution in [0.4, 0.5) is 4.39 Å². The monoisotopic (exact) mass is 357 g/mol. The maximum absolute atomic E-state index is 13.3. The number of carbonyl (C=O) groups excluding carboxylic acids is 1. The molecule has 0 atom stereocenters. The highest BCUT2D eigenvalue weighted by molar-refractivity contribution is 6.30. The van der Waals surface area contributed by atoms with Crippen LogP contribution in [0.1, 0.15) is 23.0 Å². The second-order valence-corrected chi connectivity index (χ2v) is 6.01. The molecule has 0 amide bonds. The molecule has 0 bridgehead atoms. The van der Waals surface area contributed by atoms with Gasteiger partial charge in [0.25, 0.3) is 0 Å². The molecule has 0 saturated carbocycles. The van der Waals surface area contributed by atoms with Gasteiger partial charge in [0.2, 0.25) is 0 Å². The smallest absolute Gasteiger partial charge is 0.340 e. The van der Waals surface area contributed by atoms with Crippen molar-refractivity contribution in [2.45, 2.75) is 13.8 Å². The number of ether oxygens (including phenoxy) is 1. The number of aromatic nitrogens is 1. The lowest BCUT2D eigenvalue weighted by Crippen LogP contribution is -2.07. The minimum absolute atomic E-state index is 0.285. The fourth-order valence-electron chi connectivity index (χ4n) is 2.78. The van der Waals surface area contributed by atoms with Crippen LogP contribution in [0.2, 0.25) is 5.02 Å². The first-order valence-electron chi connectivity index (χ1n) is 7.92. The number of nitrogens with zero attached hydrogens (tertiary/aromatic N) is 1. The molecule has 2 aromatic carbocycles. The van der Waals surface area contributed by atoms with Crippen LogP contribution in [0.5, 0.6) is 0 Å². The Morgan fingerprint density at radius 2 is 1.76 bits per heavy atom. The predicted octanol–water partition coefficient (Wildman–Crippen LogP) is 5.42. The molecule has 0 aliphatic carbocycles. The number of esters is 1. The van der Waals surface area contributed by atoms with E-state index in [-0.39, 0.29) is 12.4 Å². The number of rotatable bonds is 4. The molecule has 0 aliphatic heterocycles. The van der Waals surface area contributed by atoms with E-state index in [1.807, 2.05) is 29.8 Å². The lowest BCUT2D eigenvalue weighted by Gasteiger charge is -2.07. The zero-order chi connectivity index (χ0) is 18.0. The Morgan fingerprint density at radius 3 is 2.36 bits per heavy atom. The third-order valence-electron chi connectivity index (χ3n) is 3.99. The van der Waals surface area contributed by atoms with Crippen LogP contribution >= 0.6 is 11.6 Å². The molecule has 5 heteroatoms. The van der Waals surface area contributed by atoms with Gasteiger partial charge in [0.05, 0.1) is 12.2 Å². The molecule has 128 valence electrons. The van der Waals surface area contributed by atoms with Crippen LogP contribution in [0.15, 0.2) is 54.7 Å². The summed E-state index contributed by atoms with van der Waals surface area (Å²) < 4.78 is 20.4. The minimum Gasteiger partial charge on any atom is -0.462 e. The summed E-state index contributed by atoms with van der Waals surface area (Å²) in [4.78, 5) is 12.5. The zero-order valence-corrected chi connectivity index (χ0v) is 14.7. The van der Waals surface area contributed by atoms with Crippen molar-refractivity contribution < 1.29 is 13.9 Å². The van der Waals surface area contributed by atoms with Crippen LogP contribution in [-0.2, 0) is 4.74 Å².